The maximum absolute atomic E-state index is 11.3. The summed E-state index contributed by atoms with van der Waals surface area (Å²) in [5.74, 6) is 0.0510. The van der Waals surface area contributed by atoms with Crippen LogP contribution < -0.4 is 10.6 Å². The molecule has 1 aromatic carbocycles. The van der Waals surface area contributed by atoms with Crippen LogP contribution in [0.1, 0.15) is 46.0 Å². The Morgan fingerprint density at radius 1 is 1.11 bits per heavy atom. The average Bonchev–Trinajstić information content (AvgIpc) is 2.39. The zero-order chi connectivity index (χ0) is 13.2. The van der Waals surface area contributed by atoms with E-state index in [-0.39, 0.29) is 5.91 Å². The summed E-state index contributed by atoms with van der Waals surface area (Å²) in [5, 5.41) is 6.25. The molecule has 3 heteroatoms. The molecule has 0 saturated carbocycles. The Hall–Kier alpha value is -1.51. The SMILES string of the molecule is CCCCCCNc1cccc(NC(=O)CC)c1. The summed E-state index contributed by atoms with van der Waals surface area (Å²) in [4.78, 5) is 11.3. The van der Waals surface area contributed by atoms with Crippen molar-refractivity contribution >= 4 is 17.3 Å². The zero-order valence-electron chi connectivity index (χ0n) is 11.5. The third kappa shape index (κ3) is 5.71. The van der Waals surface area contributed by atoms with Crippen molar-refractivity contribution in [3.05, 3.63) is 24.3 Å². The minimum absolute atomic E-state index is 0.0510. The van der Waals surface area contributed by atoms with Gasteiger partial charge < -0.3 is 10.6 Å². The molecule has 18 heavy (non-hydrogen) atoms. The van der Waals surface area contributed by atoms with Crippen LogP contribution in [0.25, 0.3) is 0 Å². The third-order valence-electron chi connectivity index (χ3n) is 2.83. The largest absolute Gasteiger partial charge is 0.385 e. The van der Waals surface area contributed by atoms with Crippen molar-refractivity contribution in [2.75, 3.05) is 17.2 Å². The van der Waals surface area contributed by atoms with Gasteiger partial charge in [0.2, 0.25) is 5.91 Å². The van der Waals surface area contributed by atoms with E-state index in [2.05, 4.69) is 17.6 Å². The van der Waals surface area contributed by atoms with Crippen molar-refractivity contribution in [1.82, 2.24) is 0 Å². The fourth-order valence-corrected chi connectivity index (χ4v) is 1.74. The molecule has 1 aromatic rings. The van der Waals surface area contributed by atoms with Gasteiger partial charge in [0, 0.05) is 24.3 Å². The second-order valence-corrected chi connectivity index (χ2v) is 4.47. The molecule has 0 fully saturated rings. The first kappa shape index (κ1) is 14.6. The molecular formula is C15H24N2O. The van der Waals surface area contributed by atoms with Gasteiger partial charge in [0.05, 0.1) is 0 Å². The molecule has 1 amide bonds. The number of carbonyl (C=O) groups is 1. The van der Waals surface area contributed by atoms with Gasteiger partial charge in [-0.3, -0.25) is 4.79 Å². The lowest BCUT2D eigenvalue weighted by atomic mass is 10.2. The fourth-order valence-electron chi connectivity index (χ4n) is 1.74. The van der Waals surface area contributed by atoms with E-state index in [1.807, 2.05) is 31.2 Å². The Morgan fingerprint density at radius 3 is 2.61 bits per heavy atom. The van der Waals surface area contributed by atoms with Gasteiger partial charge in [0.1, 0.15) is 0 Å². The lowest BCUT2D eigenvalue weighted by molar-refractivity contribution is -0.115. The number of hydrogen-bond acceptors (Lipinski definition) is 2. The Balaban J connectivity index is 2.37. The van der Waals surface area contributed by atoms with Crippen LogP contribution in [-0.4, -0.2) is 12.5 Å². The van der Waals surface area contributed by atoms with Gasteiger partial charge in [-0.1, -0.05) is 39.2 Å². The maximum Gasteiger partial charge on any atom is 0.224 e. The molecule has 0 spiro atoms. The number of unbranched alkanes of at least 4 members (excludes halogenated alkanes) is 3. The predicted molar refractivity (Wildman–Crippen MR) is 78.0 cm³/mol. The van der Waals surface area contributed by atoms with E-state index in [9.17, 15) is 4.79 Å². The highest BCUT2D eigenvalue weighted by Gasteiger charge is 1.99. The van der Waals surface area contributed by atoms with Crippen LogP contribution in [0.5, 0.6) is 0 Å². The standard InChI is InChI=1S/C15H24N2O/c1-3-5-6-7-11-16-13-9-8-10-14(12-13)17-15(18)4-2/h8-10,12,16H,3-7,11H2,1-2H3,(H,17,18). The van der Waals surface area contributed by atoms with Crippen LogP contribution in [0.4, 0.5) is 11.4 Å². The molecule has 1 rings (SSSR count). The first-order valence-corrected chi connectivity index (χ1v) is 6.90. The molecule has 0 aliphatic rings. The van der Waals surface area contributed by atoms with Crippen LogP contribution in [0.15, 0.2) is 24.3 Å². The first-order valence-electron chi connectivity index (χ1n) is 6.90. The maximum atomic E-state index is 11.3. The van der Waals surface area contributed by atoms with Crippen molar-refractivity contribution in [1.29, 1.82) is 0 Å². The van der Waals surface area contributed by atoms with E-state index in [0.717, 1.165) is 17.9 Å². The van der Waals surface area contributed by atoms with Gasteiger partial charge in [-0.15, -0.1) is 0 Å². The van der Waals surface area contributed by atoms with Crippen molar-refractivity contribution in [3.8, 4) is 0 Å². The van der Waals surface area contributed by atoms with E-state index in [0.29, 0.717) is 6.42 Å². The van der Waals surface area contributed by atoms with E-state index < -0.39 is 0 Å². The summed E-state index contributed by atoms with van der Waals surface area (Å²) >= 11 is 0. The summed E-state index contributed by atoms with van der Waals surface area (Å²) < 4.78 is 0. The first-order chi connectivity index (χ1) is 8.76. The molecule has 2 N–H and O–H groups in total. The van der Waals surface area contributed by atoms with Gasteiger partial charge in [0.15, 0.2) is 0 Å². The fraction of sp³-hybridized carbons (Fsp3) is 0.533. The Labute approximate surface area is 110 Å². The van der Waals surface area contributed by atoms with Crippen LogP contribution in [0.2, 0.25) is 0 Å². The molecule has 100 valence electrons. The number of nitrogens with one attached hydrogen (secondary N) is 2. The summed E-state index contributed by atoms with van der Waals surface area (Å²) in [6.45, 7) is 5.06. The van der Waals surface area contributed by atoms with Crippen molar-refractivity contribution in [2.45, 2.75) is 46.0 Å². The molecule has 0 unspecified atom stereocenters. The number of amides is 1. The number of hydrogen-bond donors (Lipinski definition) is 2. The van der Waals surface area contributed by atoms with Gasteiger partial charge >= 0.3 is 0 Å². The van der Waals surface area contributed by atoms with Crippen LogP contribution in [0.3, 0.4) is 0 Å². The molecular weight excluding hydrogens is 224 g/mol. The summed E-state index contributed by atoms with van der Waals surface area (Å²) in [6, 6.07) is 7.88. The molecule has 0 heterocycles. The highest BCUT2D eigenvalue weighted by Crippen LogP contribution is 2.15. The number of carbonyl (C=O) groups excluding carboxylic acids is 1. The second kappa shape index (κ2) is 8.56. The van der Waals surface area contributed by atoms with Crippen molar-refractivity contribution < 1.29 is 4.79 Å². The Bertz CT molecular complexity index is 363. The molecule has 0 atom stereocenters. The quantitative estimate of drug-likeness (QED) is 0.682. The topological polar surface area (TPSA) is 41.1 Å². The minimum atomic E-state index is 0.0510. The highest BCUT2D eigenvalue weighted by molar-refractivity contribution is 5.90. The molecule has 0 bridgehead atoms. The van der Waals surface area contributed by atoms with Gasteiger partial charge in [-0.05, 0) is 24.6 Å². The lowest BCUT2D eigenvalue weighted by Gasteiger charge is -2.09. The van der Waals surface area contributed by atoms with Crippen LogP contribution in [-0.2, 0) is 4.79 Å². The van der Waals surface area contributed by atoms with Gasteiger partial charge in [-0.2, -0.15) is 0 Å². The number of rotatable bonds is 8. The molecule has 0 radical (unpaired) electrons. The molecule has 0 saturated heterocycles. The van der Waals surface area contributed by atoms with Crippen molar-refractivity contribution in [2.24, 2.45) is 0 Å². The van der Waals surface area contributed by atoms with E-state index >= 15 is 0 Å². The number of benzene rings is 1. The average molecular weight is 248 g/mol. The van der Waals surface area contributed by atoms with E-state index in [1.165, 1.54) is 25.7 Å². The summed E-state index contributed by atoms with van der Waals surface area (Å²) in [6.07, 6.45) is 5.54. The van der Waals surface area contributed by atoms with Crippen molar-refractivity contribution in [3.63, 3.8) is 0 Å². The molecule has 0 aromatic heterocycles. The van der Waals surface area contributed by atoms with Gasteiger partial charge in [-0.25, -0.2) is 0 Å². The summed E-state index contributed by atoms with van der Waals surface area (Å²) in [7, 11) is 0. The molecule has 0 aliphatic heterocycles. The van der Waals surface area contributed by atoms with Crippen LogP contribution in [0, 0.1) is 0 Å². The third-order valence-corrected chi connectivity index (χ3v) is 2.83. The Morgan fingerprint density at radius 2 is 1.89 bits per heavy atom. The zero-order valence-corrected chi connectivity index (χ0v) is 11.5. The molecule has 0 aliphatic carbocycles. The normalized spacial score (nSPS) is 10.1. The van der Waals surface area contributed by atoms with E-state index in [1.54, 1.807) is 0 Å². The predicted octanol–water partition coefficient (Wildman–Crippen LogP) is 4.03. The molecule has 3 nitrogen and oxygen atoms in total. The van der Waals surface area contributed by atoms with Crippen LogP contribution >= 0.6 is 0 Å². The van der Waals surface area contributed by atoms with E-state index in [4.69, 9.17) is 0 Å². The summed E-state index contributed by atoms with van der Waals surface area (Å²) in [5.41, 5.74) is 1.93. The Kier molecular flexibility index (Phi) is 6.92. The lowest BCUT2D eigenvalue weighted by Crippen LogP contribution is -2.09. The highest BCUT2D eigenvalue weighted by atomic mass is 16.1. The minimum Gasteiger partial charge on any atom is -0.385 e. The number of anilines is 2. The monoisotopic (exact) mass is 248 g/mol. The smallest absolute Gasteiger partial charge is 0.224 e. The van der Waals surface area contributed by atoms with Gasteiger partial charge in [0.25, 0.3) is 0 Å². The second-order valence-electron chi connectivity index (χ2n) is 4.47.